The van der Waals surface area contributed by atoms with Crippen LogP contribution in [0, 0.1) is 6.92 Å². The molecule has 0 amide bonds. The molecule has 96 valence electrons. The fourth-order valence-corrected chi connectivity index (χ4v) is 2.32. The van der Waals surface area contributed by atoms with E-state index >= 15 is 0 Å². The first-order chi connectivity index (χ1) is 8.39. The van der Waals surface area contributed by atoms with E-state index in [0.29, 0.717) is 21.8 Å². The molecule has 0 aliphatic rings. The standard InChI is InChI=1S/C11H10F3N3S/c1-6-2-3-16-4-7(6)9(15)8-5-17-10(18-8)11(12,13)14/h2-5,9H,15H2,1H3. The number of aromatic nitrogens is 2. The summed E-state index contributed by atoms with van der Waals surface area (Å²) >= 11 is 0.563. The molecular formula is C11H10F3N3S. The Labute approximate surface area is 105 Å². The number of nitrogens with two attached hydrogens (primary N) is 1. The van der Waals surface area contributed by atoms with Crippen LogP contribution in [0.5, 0.6) is 0 Å². The molecule has 0 aromatic carbocycles. The van der Waals surface area contributed by atoms with Crippen molar-refractivity contribution in [1.82, 2.24) is 9.97 Å². The summed E-state index contributed by atoms with van der Waals surface area (Å²) in [5, 5.41) is -0.880. The molecule has 3 nitrogen and oxygen atoms in total. The van der Waals surface area contributed by atoms with Gasteiger partial charge in [0.2, 0.25) is 0 Å². The minimum Gasteiger partial charge on any atom is -0.320 e. The minimum absolute atomic E-state index is 0.374. The van der Waals surface area contributed by atoms with E-state index in [-0.39, 0.29) is 0 Å². The zero-order chi connectivity index (χ0) is 13.3. The fraction of sp³-hybridized carbons (Fsp3) is 0.273. The minimum atomic E-state index is -4.42. The highest BCUT2D eigenvalue weighted by molar-refractivity contribution is 7.11. The van der Waals surface area contributed by atoms with E-state index < -0.39 is 17.2 Å². The Morgan fingerprint density at radius 2 is 2.06 bits per heavy atom. The van der Waals surface area contributed by atoms with Crippen LogP contribution >= 0.6 is 11.3 Å². The molecule has 2 heterocycles. The molecule has 0 saturated carbocycles. The average molecular weight is 273 g/mol. The van der Waals surface area contributed by atoms with Crippen LogP contribution in [0.2, 0.25) is 0 Å². The van der Waals surface area contributed by atoms with Crippen molar-refractivity contribution in [3.05, 3.63) is 45.7 Å². The molecule has 1 atom stereocenters. The lowest BCUT2D eigenvalue weighted by atomic mass is 10.0. The van der Waals surface area contributed by atoms with Crippen LogP contribution in [0.3, 0.4) is 0 Å². The summed E-state index contributed by atoms with van der Waals surface area (Å²) in [6, 6.07) is 1.13. The number of halogens is 3. The van der Waals surface area contributed by atoms with Gasteiger partial charge >= 0.3 is 6.18 Å². The first-order valence-corrected chi connectivity index (χ1v) is 5.90. The maximum Gasteiger partial charge on any atom is 0.443 e. The van der Waals surface area contributed by atoms with Crippen LogP contribution in [0.4, 0.5) is 13.2 Å². The summed E-state index contributed by atoms with van der Waals surface area (Å²) in [5.74, 6) is 0. The molecule has 0 fully saturated rings. The van der Waals surface area contributed by atoms with Crippen molar-refractivity contribution in [3.63, 3.8) is 0 Å². The van der Waals surface area contributed by atoms with Gasteiger partial charge in [0.25, 0.3) is 0 Å². The van der Waals surface area contributed by atoms with Crippen LogP contribution in [0.25, 0.3) is 0 Å². The Kier molecular flexibility index (Phi) is 3.36. The Bertz CT molecular complexity index is 550. The van der Waals surface area contributed by atoms with Crippen LogP contribution in [-0.4, -0.2) is 9.97 Å². The zero-order valence-corrected chi connectivity index (χ0v) is 10.2. The van der Waals surface area contributed by atoms with Crippen molar-refractivity contribution in [1.29, 1.82) is 0 Å². The molecule has 0 bridgehead atoms. The third-order valence-electron chi connectivity index (χ3n) is 2.49. The summed E-state index contributed by atoms with van der Waals surface area (Å²) in [5.41, 5.74) is 7.53. The first kappa shape index (κ1) is 13.0. The van der Waals surface area contributed by atoms with Gasteiger partial charge in [-0.1, -0.05) is 0 Å². The summed E-state index contributed by atoms with van der Waals surface area (Å²) < 4.78 is 37.3. The number of nitrogens with zero attached hydrogens (tertiary/aromatic N) is 2. The third kappa shape index (κ3) is 2.51. The maximum atomic E-state index is 12.4. The van der Waals surface area contributed by atoms with Crippen LogP contribution in [0.15, 0.2) is 24.7 Å². The molecular weight excluding hydrogens is 263 g/mol. The molecule has 1 unspecified atom stereocenters. The van der Waals surface area contributed by atoms with E-state index in [1.165, 1.54) is 6.20 Å². The predicted octanol–water partition coefficient (Wildman–Crippen LogP) is 2.91. The van der Waals surface area contributed by atoms with Crippen molar-refractivity contribution in [3.8, 4) is 0 Å². The van der Waals surface area contributed by atoms with Crippen LogP contribution in [0.1, 0.15) is 27.1 Å². The second kappa shape index (κ2) is 4.66. The maximum absolute atomic E-state index is 12.4. The van der Waals surface area contributed by atoms with E-state index in [4.69, 9.17) is 5.73 Å². The average Bonchev–Trinajstić information content (AvgIpc) is 2.77. The molecule has 18 heavy (non-hydrogen) atoms. The van der Waals surface area contributed by atoms with Gasteiger partial charge in [-0.05, 0) is 24.1 Å². The fourth-order valence-electron chi connectivity index (χ4n) is 1.52. The molecule has 0 radical (unpaired) electrons. The smallest absolute Gasteiger partial charge is 0.320 e. The first-order valence-electron chi connectivity index (χ1n) is 5.08. The lowest BCUT2D eigenvalue weighted by Crippen LogP contribution is -2.12. The number of hydrogen-bond donors (Lipinski definition) is 1. The number of alkyl halides is 3. The van der Waals surface area contributed by atoms with Crippen molar-refractivity contribution in [2.45, 2.75) is 19.1 Å². The lowest BCUT2D eigenvalue weighted by Gasteiger charge is -2.11. The number of thiazole rings is 1. The van der Waals surface area contributed by atoms with Crippen LogP contribution < -0.4 is 5.73 Å². The topological polar surface area (TPSA) is 51.8 Å². The number of aryl methyl sites for hydroxylation is 1. The van der Waals surface area contributed by atoms with Gasteiger partial charge in [0.05, 0.1) is 6.04 Å². The molecule has 0 saturated heterocycles. The summed E-state index contributed by atoms with van der Waals surface area (Å²) in [6.07, 6.45) is -0.0798. The van der Waals surface area contributed by atoms with E-state index in [1.54, 1.807) is 18.5 Å². The number of pyridine rings is 1. The molecule has 0 spiro atoms. The van der Waals surface area contributed by atoms with Crippen molar-refractivity contribution in [2.24, 2.45) is 5.73 Å². The zero-order valence-electron chi connectivity index (χ0n) is 9.40. The summed E-state index contributed by atoms with van der Waals surface area (Å²) in [4.78, 5) is 7.66. The Hall–Kier alpha value is -1.47. The van der Waals surface area contributed by atoms with Crippen molar-refractivity contribution < 1.29 is 13.2 Å². The molecule has 2 aromatic rings. The monoisotopic (exact) mass is 273 g/mol. The molecule has 2 aromatic heterocycles. The summed E-state index contributed by atoms with van der Waals surface area (Å²) in [7, 11) is 0. The van der Waals surface area contributed by atoms with Gasteiger partial charge in [0, 0.05) is 23.5 Å². The summed E-state index contributed by atoms with van der Waals surface area (Å²) in [6.45, 7) is 1.84. The SMILES string of the molecule is Cc1ccncc1C(N)c1cnc(C(F)(F)F)s1. The van der Waals surface area contributed by atoms with Gasteiger partial charge in [0.15, 0.2) is 5.01 Å². The Balaban J connectivity index is 2.33. The van der Waals surface area contributed by atoms with E-state index in [1.807, 2.05) is 6.92 Å². The third-order valence-corrected chi connectivity index (χ3v) is 3.61. The quantitative estimate of drug-likeness (QED) is 0.915. The predicted molar refractivity (Wildman–Crippen MR) is 62.1 cm³/mol. The van der Waals surface area contributed by atoms with Crippen molar-refractivity contribution >= 4 is 11.3 Å². The van der Waals surface area contributed by atoms with Gasteiger partial charge in [0.1, 0.15) is 0 Å². The highest BCUT2D eigenvalue weighted by Crippen LogP contribution is 2.35. The largest absolute Gasteiger partial charge is 0.443 e. The second-order valence-corrected chi connectivity index (χ2v) is 4.84. The van der Waals surface area contributed by atoms with Gasteiger partial charge in [-0.3, -0.25) is 4.98 Å². The van der Waals surface area contributed by atoms with Gasteiger partial charge in [-0.25, -0.2) is 4.98 Å². The van der Waals surface area contributed by atoms with Gasteiger partial charge in [-0.2, -0.15) is 13.2 Å². The number of hydrogen-bond acceptors (Lipinski definition) is 4. The molecule has 0 aliphatic carbocycles. The molecule has 0 aliphatic heterocycles. The Morgan fingerprint density at radius 1 is 1.33 bits per heavy atom. The van der Waals surface area contributed by atoms with E-state index in [0.717, 1.165) is 5.56 Å². The van der Waals surface area contributed by atoms with Gasteiger partial charge < -0.3 is 5.73 Å². The molecule has 2 N–H and O–H groups in total. The normalized spacial score (nSPS) is 13.6. The van der Waals surface area contributed by atoms with E-state index in [2.05, 4.69) is 9.97 Å². The van der Waals surface area contributed by atoms with E-state index in [9.17, 15) is 13.2 Å². The Morgan fingerprint density at radius 3 is 2.61 bits per heavy atom. The highest BCUT2D eigenvalue weighted by atomic mass is 32.1. The van der Waals surface area contributed by atoms with Crippen molar-refractivity contribution in [2.75, 3.05) is 0 Å². The molecule has 2 rings (SSSR count). The lowest BCUT2D eigenvalue weighted by molar-refractivity contribution is -0.137. The number of rotatable bonds is 2. The highest BCUT2D eigenvalue weighted by Gasteiger charge is 2.35. The van der Waals surface area contributed by atoms with Gasteiger partial charge in [-0.15, -0.1) is 11.3 Å². The van der Waals surface area contributed by atoms with Crippen LogP contribution in [-0.2, 0) is 6.18 Å². The second-order valence-electron chi connectivity index (χ2n) is 3.78. The molecule has 7 heteroatoms.